The van der Waals surface area contributed by atoms with Gasteiger partial charge in [-0.25, -0.2) is 0 Å². The van der Waals surface area contributed by atoms with Crippen molar-refractivity contribution >= 4 is 12.1 Å². The van der Waals surface area contributed by atoms with Gasteiger partial charge in [-0.05, 0) is 38.0 Å². The van der Waals surface area contributed by atoms with Gasteiger partial charge in [0.2, 0.25) is 5.78 Å². The van der Waals surface area contributed by atoms with Gasteiger partial charge in [0.05, 0.1) is 25.9 Å². The first-order valence-corrected chi connectivity index (χ1v) is 14.9. The Labute approximate surface area is 247 Å². The molecule has 2 aliphatic heterocycles. The molecule has 7 unspecified atom stereocenters. The number of hydrogen-bond acceptors (Lipinski definition) is 7. The normalized spacial score (nSPS) is 34.1. The first kappa shape index (κ1) is 28.8. The van der Waals surface area contributed by atoms with Crippen LogP contribution in [0.3, 0.4) is 0 Å². The van der Waals surface area contributed by atoms with E-state index in [1.807, 2.05) is 55.5 Å². The number of carbonyl (C=O) groups excluding carboxylic acids is 2. The van der Waals surface area contributed by atoms with Gasteiger partial charge in [-0.15, -0.1) is 0 Å². The number of aldehydes is 1. The standard InChI is InChI=1S/C28H34O6.C7H6O/c1-15(2)18-13-20-28(34-20)26(3)12-11-17-21(19(26)14-32-27(28,4)24(18)30)23(33-25(17)31-5)22(29)16-9-7-6-8-10-16;8-6-7-4-2-1-3-5-7/h6-10,15,18-20,24,30H,11-14H2,1-5H3;1-6H. The van der Waals surface area contributed by atoms with Crippen LogP contribution in [-0.4, -0.2) is 54.3 Å². The van der Waals surface area contributed by atoms with E-state index < -0.39 is 17.3 Å². The Morgan fingerprint density at radius 3 is 2.33 bits per heavy atom. The summed E-state index contributed by atoms with van der Waals surface area (Å²) in [6.45, 7) is 9.02. The second-order valence-corrected chi connectivity index (χ2v) is 12.9. The third-order valence-corrected chi connectivity index (χ3v) is 10.6. The van der Waals surface area contributed by atoms with Crippen LogP contribution in [0.25, 0.3) is 0 Å². The molecule has 1 N–H and O–H groups in total. The van der Waals surface area contributed by atoms with Gasteiger partial charge < -0.3 is 23.7 Å². The van der Waals surface area contributed by atoms with Crippen LogP contribution in [0.5, 0.6) is 5.95 Å². The monoisotopic (exact) mass is 572 g/mol. The molecule has 0 radical (unpaired) electrons. The molecule has 2 aromatic carbocycles. The summed E-state index contributed by atoms with van der Waals surface area (Å²) in [4.78, 5) is 23.6. The van der Waals surface area contributed by atoms with Crippen LogP contribution in [0.4, 0.5) is 0 Å². The predicted octanol–water partition coefficient (Wildman–Crippen LogP) is 6.02. The Balaban J connectivity index is 0.000000343. The maximum Gasteiger partial charge on any atom is 0.288 e. The summed E-state index contributed by atoms with van der Waals surface area (Å²) in [5, 5.41) is 11.5. The van der Waals surface area contributed by atoms with Gasteiger partial charge in [-0.3, -0.25) is 9.59 Å². The highest BCUT2D eigenvalue weighted by molar-refractivity contribution is 6.08. The Bertz CT molecular complexity index is 1460. The molecular formula is C35H40O7. The fourth-order valence-electron chi connectivity index (χ4n) is 8.24. The Morgan fingerprint density at radius 2 is 1.74 bits per heavy atom. The van der Waals surface area contributed by atoms with Crippen molar-refractivity contribution in [2.45, 2.75) is 76.3 Å². The fraction of sp³-hybridized carbons (Fsp3) is 0.486. The number of benzene rings is 2. The zero-order chi connectivity index (χ0) is 29.9. The van der Waals surface area contributed by atoms with E-state index in [-0.39, 0.29) is 29.1 Å². The zero-order valence-electron chi connectivity index (χ0n) is 25.0. The van der Waals surface area contributed by atoms with Gasteiger partial charge in [0.1, 0.15) is 17.5 Å². The number of rotatable bonds is 5. The van der Waals surface area contributed by atoms with E-state index in [0.717, 1.165) is 42.2 Å². The quantitative estimate of drug-likeness (QED) is 0.227. The van der Waals surface area contributed by atoms with Gasteiger partial charge in [0.15, 0.2) is 5.76 Å². The van der Waals surface area contributed by atoms with Gasteiger partial charge in [0, 0.05) is 33.6 Å². The van der Waals surface area contributed by atoms with Crippen molar-refractivity contribution in [1.82, 2.24) is 0 Å². The summed E-state index contributed by atoms with van der Waals surface area (Å²) in [6.07, 6.45) is 2.69. The number of carbonyl (C=O) groups is 2. The van der Waals surface area contributed by atoms with Crippen molar-refractivity contribution in [3.8, 4) is 5.95 Å². The van der Waals surface area contributed by atoms with Gasteiger partial charge in [0.25, 0.3) is 5.95 Å². The molecule has 7 atom stereocenters. The maximum atomic E-state index is 13.6. The number of ketones is 1. The Hall–Kier alpha value is -3.26. The molecule has 222 valence electrons. The molecule has 3 aromatic rings. The first-order valence-electron chi connectivity index (χ1n) is 14.9. The largest absolute Gasteiger partial charge is 0.468 e. The molecule has 0 amide bonds. The minimum absolute atomic E-state index is 0.0460. The van der Waals surface area contributed by atoms with Crippen LogP contribution >= 0.6 is 0 Å². The smallest absolute Gasteiger partial charge is 0.288 e. The van der Waals surface area contributed by atoms with E-state index in [9.17, 15) is 14.7 Å². The fourth-order valence-corrected chi connectivity index (χ4v) is 8.24. The van der Waals surface area contributed by atoms with Crippen molar-refractivity contribution in [2.75, 3.05) is 13.7 Å². The molecule has 0 bridgehead atoms. The van der Waals surface area contributed by atoms with Gasteiger partial charge in [-0.1, -0.05) is 81.4 Å². The van der Waals surface area contributed by atoms with E-state index in [2.05, 4.69) is 20.8 Å². The molecule has 3 heterocycles. The molecule has 2 saturated heterocycles. The highest BCUT2D eigenvalue weighted by Crippen LogP contribution is 2.73. The molecular weight excluding hydrogens is 532 g/mol. The Morgan fingerprint density at radius 1 is 1.07 bits per heavy atom. The predicted molar refractivity (Wildman–Crippen MR) is 157 cm³/mol. The molecule has 7 nitrogen and oxygen atoms in total. The summed E-state index contributed by atoms with van der Waals surface area (Å²) in [6, 6.07) is 18.3. The minimum atomic E-state index is -0.787. The van der Waals surface area contributed by atoms with E-state index >= 15 is 0 Å². The molecule has 1 saturated carbocycles. The van der Waals surface area contributed by atoms with Crippen LogP contribution in [-0.2, 0) is 15.9 Å². The minimum Gasteiger partial charge on any atom is -0.468 e. The zero-order valence-corrected chi connectivity index (χ0v) is 25.0. The maximum absolute atomic E-state index is 13.6. The van der Waals surface area contributed by atoms with Crippen LogP contribution in [0.1, 0.15) is 84.1 Å². The lowest BCUT2D eigenvalue weighted by atomic mass is 9.49. The molecule has 4 aliphatic rings. The lowest BCUT2D eigenvalue weighted by molar-refractivity contribution is -0.248. The number of furan rings is 1. The van der Waals surface area contributed by atoms with Crippen molar-refractivity contribution in [3.05, 3.63) is 88.7 Å². The number of hydrogen-bond donors (Lipinski definition) is 1. The third kappa shape index (κ3) is 4.04. The van der Waals surface area contributed by atoms with Gasteiger partial charge in [-0.2, -0.15) is 0 Å². The van der Waals surface area contributed by atoms with E-state index in [1.165, 1.54) is 0 Å². The SMILES string of the molecule is COc1oc(C(=O)c2ccccc2)c2c1CCC1(C)C2COC2(C)C(O)C(C(C)C)CC3OC312.O=Cc1ccccc1. The third-order valence-electron chi connectivity index (χ3n) is 10.6. The molecule has 42 heavy (non-hydrogen) atoms. The van der Waals surface area contributed by atoms with Crippen molar-refractivity contribution in [3.63, 3.8) is 0 Å². The molecule has 1 spiro atoms. The number of epoxide rings is 1. The number of aliphatic hydroxyl groups excluding tert-OH is 1. The molecule has 3 fully saturated rings. The number of fused-ring (bicyclic) bond motifs is 3. The van der Waals surface area contributed by atoms with Crippen LogP contribution in [0.15, 0.2) is 65.1 Å². The Kier molecular flexibility index (Phi) is 7.19. The van der Waals surface area contributed by atoms with Crippen LogP contribution in [0.2, 0.25) is 0 Å². The average molecular weight is 573 g/mol. The summed E-state index contributed by atoms with van der Waals surface area (Å²) in [5.74, 6) is 0.994. The lowest BCUT2D eigenvalue weighted by Crippen LogP contribution is -2.71. The molecule has 1 aromatic heterocycles. The highest BCUT2D eigenvalue weighted by atomic mass is 16.7. The lowest BCUT2D eigenvalue weighted by Gasteiger charge is -2.60. The summed E-state index contributed by atoms with van der Waals surface area (Å²) >= 11 is 0. The van der Waals surface area contributed by atoms with Crippen molar-refractivity contribution in [2.24, 2.45) is 17.3 Å². The summed E-state index contributed by atoms with van der Waals surface area (Å²) in [7, 11) is 1.58. The topological polar surface area (TPSA) is 98.5 Å². The van der Waals surface area contributed by atoms with Gasteiger partial charge >= 0.3 is 0 Å². The van der Waals surface area contributed by atoms with E-state index in [0.29, 0.717) is 29.8 Å². The van der Waals surface area contributed by atoms with Crippen molar-refractivity contribution in [1.29, 1.82) is 0 Å². The highest BCUT2D eigenvalue weighted by Gasteiger charge is 2.83. The summed E-state index contributed by atoms with van der Waals surface area (Å²) < 4.78 is 24.9. The molecule has 7 rings (SSSR count). The number of ether oxygens (including phenoxy) is 3. The first-order chi connectivity index (χ1) is 20.1. The average Bonchev–Trinajstić information content (AvgIpc) is 3.66. The van der Waals surface area contributed by atoms with Crippen molar-refractivity contribution < 1.29 is 33.3 Å². The second-order valence-electron chi connectivity index (χ2n) is 12.9. The van der Waals surface area contributed by atoms with E-state index in [4.69, 9.17) is 18.6 Å². The number of methoxy groups -OCH3 is 1. The van der Waals surface area contributed by atoms with E-state index in [1.54, 1.807) is 19.2 Å². The summed E-state index contributed by atoms with van der Waals surface area (Å²) in [5.41, 5.74) is 1.50. The molecule has 2 aliphatic carbocycles. The second kappa shape index (κ2) is 10.5. The van der Waals surface area contributed by atoms with Crippen LogP contribution in [0, 0.1) is 17.3 Å². The van der Waals surface area contributed by atoms with Crippen LogP contribution < -0.4 is 4.74 Å². The number of aliphatic hydroxyl groups is 1. The molecule has 7 heteroatoms.